The van der Waals surface area contributed by atoms with E-state index in [1.54, 1.807) is 6.92 Å². The largest absolute Gasteiger partial charge is 0.389 e. The van der Waals surface area contributed by atoms with Gasteiger partial charge in [-0.15, -0.1) is 11.3 Å². The molecule has 1 heterocycles. The molecule has 14 heavy (non-hydrogen) atoms. The predicted octanol–water partition coefficient (Wildman–Crippen LogP) is 2.78. The molecule has 0 unspecified atom stereocenters. The van der Waals surface area contributed by atoms with Crippen LogP contribution in [-0.4, -0.2) is 16.0 Å². The summed E-state index contributed by atoms with van der Waals surface area (Å²) in [5.41, 5.74) is 0.593. The average molecular weight is 223 g/mol. The van der Waals surface area contributed by atoms with Crippen LogP contribution in [0.4, 0.5) is 8.78 Å². The molecule has 5 heteroatoms. The van der Waals surface area contributed by atoms with Gasteiger partial charge in [0.1, 0.15) is 5.01 Å². The number of aliphatic hydroxyl groups excluding tert-OH is 1. The Labute approximate surface area is 86.6 Å². The first-order valence-electron chi connectivity index (χ1n) is 3.86. The molecular weight excluding hydrogens is 208 g/mol. The Morgan fingerprint density at radius 3 is 2.43 bits per heavy atom. The Bertz CT molecular complexity index is 293. The molecule has 0 saturated heterocycles. The molecule has 2 nitrogen and oxygen atoms in total. The number of halogens is 2. The monoisotopic (exact) mass is 223 g/mol. The fraction of sp³-hybridized carbons (Fsp3) is 0.667. The van der Waals surface area contributed by atoms with Crippen LogP contribution in [0.3, 0.4) is 0 Å². The van der Waals surface area contributed by atoms with Gasteiger partial charge in [0.05, 0.1) is 12.3 Å². The third kappa shape index (κ3) is 3.67. The zero-order chi connectivity index (χ0) is 10.1. The van der Waals surface area contributed by atoms with Crippen molar-refractivity contribution in [3.05, 3.63) is 15.6 Å². The van der Waals surface area contributed by atoms with Gasteiger partial charge in [-0.1, -0.05) is 7.43 Å². The van der Waals surface area contributed by atoms with E-state index < -0.39 is 5.92 Å². The van der Waals surface area contributed by atoms with Gasteiger partial charge < -0.3 is 5.11 Å². The van der Waals surface area contributed by atoms with Gasteiger partial charge in [-0.2, -0.15) is 0 Å². The average Bonchev–Trinajstić information content (AvgIpc) is 2.29. The molecule has 0 amide bonds. The van der Waals surface area contributed by atoms with Gasteiger partial charge in [-0.3, -0.25) is 0 Å². The normalized spacial score (nSPS) is 11.2. The minimum atomic E-state index is -2.70. The van der Waals surface area contributed by atoms with Gasteiger partial charge in [0.25, 0.3) is 0 Å². The number of hydrogen-bond acceptors (Lipinski definition) is 3. The van der Waals surface area contributed by atoms with Crippen molar-refractivity contribution in [2.24, 2.45) is 0 Å². The summed E-state index contributed by atoms with van der Waals surface area (Å²) in [5, 5.41) is 9.23. The number of alkyl halides is 2. The van der Waals surface area contributed by atoms with Crippen LogP contribution in [0.1, 0.15) is 29.9 Å². The SMILES string of the molecule is C.Cc1nc(CO)sc1CC(C)(F)F. The van der Waals surface area contributed by atoms with Crippen molar-refractivity contribution in [1.82, 2.24) is 4.98 Å². The molecule has 0 aliphatic rings. The zero-order valence-corrected chi connectivity index (χ0v) is 8.29. The lowest BCUT2D eigenvalue weighted by atomic mass is 10.2. The molecule has 0 fully saturated rings. The molecule has 0 radical (unpaired) electrons. The van der Waals surface area contributed by atoms with Crippen LogP contribution in [-0.2, 0) is 13.0 Å². The van der Waals surface area contributed by atoms with Gasteiger partial charge in [0, 0.05) is 11.3 Å². The topological polar surface area (TPSA) is 33.1 Å². The number of rotatable bonds is 3. The van der Waals surface area contributed by atoms with Crippen LogP contribution in [0, 0.1) is 6.92 Å². The van der Waals surface area contributed by atoms with E-state index >= 15 is 0 Å². The van der Waals surface area contributed by atoms with E-state index in [2.05, 4.69) is 4.98 Å². The van der Waals surface area contributed by atoms with E-state index in [4.69, 9.17) is 5.11 Å². The van der Waals surface area contributed by atoms with Crippen molar-refractivity contribution >= 4 is 11.3 Å². The van der Waals surface area contributed by atoms with Crippen LogP contribution in [0.15, 0.2) is 0 Å². The zero-order valence-electron chi connectivity index (χ0n) is 7.47. The Kier molecular flexibility index (Phi) is 4.61. The first-order chi connectivity index (χ1) is 5.92. The molecule has 1 aromatic heterocycles. The summed E-state index contributed by atoms with van der Waals surface area (Å²) in [6, 6.07) is 0. The third-order valence-corrected chi connectivity index (χ3v) is 2.69. The van der Waals surface area contributed by atoms with E-state index in [1.807, 2.05) is 0 Å². The van der Waals surface area contributed by atoms with Crippen molar-refractivity contribution in [3.8, 4) is 0 Å². The molecule has 0 aliphatic carbocycles. The lowest BCUT2D eigenvalue weighted by Gasteiger charge is -2.07. The highest BCUT2D eigenvalue weighted by molar-refractivity contribution is 7.11. The lowest BCUT2D eigenvalue weighted by Crippen LogP contribution is -2.13. The minimum Gasteiger partial charge on any atom is -0.389 e. The first kappa shape index (κ1) is 13.4. The van der Waals surface area contributed by atoms with E-state index in [0.717, 1.165) is 18.3 Å². The van der Waals surface area contributed by atoms with E-state index in [-0.39, 0.29) is 20.5 Å². The van der Waals surface area contributed by atoms with Gasteiger partial charge in [-0.05, 0) is 13.8 Å². The lowest BCUT2D eigenvalue weighted by molar-refractivity contribution is 0.0232. The second-order valence-electron chi connectivity index (χ2n) is 3.02. The molecule has 1 N–H and O–H groups in total. The van der Waals surface area contributed by atoms with Gasteiger partial charge >= 0.3 is 0 Å². The maximum atomic E-state index is 12.6. The highest BCUT2D eigenvalue weighted by Gasteiger charge is 2.24. The van der Waals surface area contributed by atoms with E-state index in [9.17, 15) is 8.78 Å². The first-order valence-corrected chi connectivity index (χ1v) is 4.68. The Morgan fingerprint density at radius 1 is 1.50 bits per heavy atom. The van der Waals surface area contributed by atoms with Gasteiger partial charge in [0.15, 0.2) is 0 Å². The Hall–Kier alpha value is -0.550. The predicted molar refractivity (Wildman–Crippen MR) is 53.8 cm³/mol. The van der Waals surface area contributed by atoms with Crippen LogP contribution >= 0.6 is 11.3 Å². The van der Waals surface area contributed by atoms with E-state index in [1.165, 1.54) is 0 Å². The van der Waals surface area contributed by atoms with Gasteiger partial charge in [-0.25, -0.2) is 13.8 Å². The van der Waals surface area contributed by atoms with Crippen molar-refractivity contribution in [2.45, 2.75) is 40.2 Å². The summed E-state index contributed by atoms with van der Waals surface area (Å²) in [6.45, 7) is 2.38. The maximum absolute atomic E-state index is 12.6. The molecule has 0 atom stereocenters. The maximum Gasteiger partial charge on any atom is 0.250 e. The molecule has 0 spiro atoms. The van der Waals surface area contributed by atoms with Gasteiger partial charge in [0.2, 0.25) is 5.92 Å². The van der Waals surface area contributed by atoms with Crippen molar-refractivity contribution < 1.29 is 13.9 Å². The highest BCUT2D eigenvalue weighted by Crippen LogP contribution is 2.26. The quantitative estimate of drug-likeness (QED) is 0.854. The Morgan fingerprint density at radius 2 is 2.07 bits per heavy atom. The molecule has 0 aromatic carbocycles. The number of hydrogen-bond donors (Lipinski definition) is 1. The van der Waals surface area contributed by atoms with Crippen molar-refractivity contribution in [3.63, 3.8) is 0 Å². The number of aryl methyl sites for hydroxylation is 1. The molecule has 1 rings (SSSR count). The summed E-state index contributed by atoms with van der Waals surface area (Å²) < 4.78 is 25.2. The fourth-order valence-corrected chi connectivity index (χ4v) is 2.05. The second-order valence-corrected chi connectivity index (χ2v) is 4.19. The number of aromatic nitrogens is 1. The Balaban J connectivity index is 0.00000169. The van der Waals surface area contributed by atoms with Crippen LogP contribution in [0.5, 0.6) is 0 Å². The van der Waals surface area contributed by atoms with Crippen molar-refractivity contribution in [2.75, 3.05) is 0 Å². The molecule has 0 bridgehead atoms. The third-order valence-electron chi connectivity index (χ3n) is 1.54. The highest BCUT2D eigenvalue weighted by atomic mass is 32.1. The van der Waals surface area contributed by atoms with Crippen LogP contribution < -0.4 is 0 Å². The summed E-state index contributed by atoms with van der Waals surface area (Å²) in [5.74, 6) is -2.70. The minimum absolute atomic E-state index is 0. The number of nitrogens with zero attached hydrogens (tertiary/aromatic N) is 1. The standard InChI is InChI=1S/C8H11F2NOS.CH4/c1-5-6(3-8(2,9)10)13-7(4-12)11-5;/h12H,3-4H2,1-2H3;1H4. The van der Waals surface area contributed by atoms with E-state index in [0.29, 0.717) is 15.6 Å². The second kappa shape index (κ2) is 4.79. The molecular formula is C9H15F2NOS. The molecule has 1 aromatic rings. The summed E-state index contributed by atoms with van der Waals surface area (Å²) in [4.78, 5) is 4.50. The fourth-order valence-electron chi connectivity index (χ4n) is 1.00. The molecule has 0 aliphatic heterocycles. The van der Waals surface area contributed by atoms with Crippen molar-refractivity contribution in [1.29, 1.82) is 0 Å². The molecule has 82 valence electrons. The summed E-state index contributed by atoms with van der Waals surface area (Å²) in [6.07, 6.45) is -0.295. The summed E-state index contributed by atoms with van der Waals surface area (Å²) >= 11 is 1.15. The smallest absolute Gasteiger partial charge is 0.250 e. The van der Waals surface area contributed by atoms with Crippen LogP contribution in [0.25, 0.3) is 0 Å². The summed E-state index contributed by atoms with van der Waals surface area (Å²) in [7, 11) is 0. The number of aliphatic hydroxyl groups is 1. The molecule has 0 saturated carbocycles. The number of thiazole rings is 1. The van der Waals surface area contributed by atoms with Crippen LogP contribution in [0.2, 0.25) is 0 Å².